The van der Waals surface area contributed by atoms with E-state index in [2.05, 4.69) is 235 Å². The van der Waals surface area contributed by atoms with Gasteiger partial charge in [0.2, 0.25) is 0 Å². The number of rotatable bonds is 8. The van der Waals surface area contributed by atoms with Crippen LogP contribution in [0.4, 0.5) is 17.1 Å². The van der Waals surface area contributed by atoms with Gasteiger partial charge in [-0.3, -0.25) is 0 Å². The summed E-state index contributed by atoms with van der Waals surface area (Å²) >= 11 is 0. The third kappa shape index (κ3) is 6.41. The van der Waals surface area contributed by atoms with Crippen LogP contribution < -0.4 is 4.90 Å². The van der Waals surface area contributed by atoms with Crippen molar-refractivity contribution in [3.8, 4) is 55.8 Å². The van der Waals surface area contributed by atoms with Crippen LogP contribution in [-0.2, 0) is 0 Å². The molecule has 1 heterocycles. The zero-order chi connectivity index (χ0) is 39.8. The molecule has 0 spiro atoms. The summed E-state index contributed by atoms with van der Waals surface area (Å²) in [6, 6.07) is 84.7. The van der Waals surface area contributed by atoms with Crippen molar-refractivity contribution in [1.82, 2.24) is 0 Å². The van der Waals surface area contributed by atoms with Gasteiger partial charge in [-0.05, 0) is 109 Å². The van der Waals surface area contributed by atoms with Crippen molar-refractivity contribution in [1.29, 1.82) is 0 Å². The van der Waals surface area contributed by atoms with E-state index in [4.69, 9.17) is 4.42 Å². The molecule has 0 aliphatic rings. The first-order chi connectivity index (χ1) is 29.7. The van der Waals surface area contributed by atoms with Crippen molar-refractivity contribution in [2.24, 2.45) is 0 Å². The Morgan fingerprint density at radius 1 is 0.283 bits per heavy atom. The monoisotopic (exact) mass is 765 g/mol. The van der Waals surface area contributed by atoms with Gasteiger partial charge in [0.05, 0.1) is 0 Å². The molecule has 0 bridgehead atoms. The van der Waals surface area contributed by atoms with Gasteiger partial charge in [0.25, 0.3) is 0 Å². The van der Waals surface area contributed by atoms with Gasteiger partial charge in [-0.25, -0.2) is 0 Å². The molecule has 11 aromatic rings. The molecular formula is C58H39NO. The standard InChI is InChI=1S/C58H39NO/c1-2-16-44(17-3-1)57-55-25-10-11-27-56(55)60-58(57)54-24-9-8-23-53(54)43-32-36-49(37-33-43)59(48-34-30-42(31-35-48)52-26-13-19-41-15-6-7-22-51(41)52)50-21-12-20-46(39-50)47-29-28-40-14-4-5-18-45(40)38-47/h1-39H. The highest BCUT2D eigenvalue weighted by Crippen LogP contribution is 2.45. The lowest BCUT2D eigenvalue weighted by Crippen LogP contribution is -2.10. The molecule has 0 atom stereocenters. The van der Waals surface area contributed by atoms with Gasteiger partial charge >= 0.3 is 0 Å². The molecule has 10 aromatic carbocycles. The second kappa shape index (κ2) is 15.1. The minimum atomic E-state index is 0.875. The maximum Gasteiger partial charge on any atom is 0.143 e. The van der Waals surface area contributed by atoms with Crippen LogP contribution in [0.3, 0.4) is 0 Å². The second-order valence-corrected chi connectivity index (χ2v) is 15.3. The molecule has 0 unspecified atom stereocenters. The van der Waals surface area contributed by atoms with E-state index in [9.17, 15) is 0 Å². The quantitative estimate of drug-likeness (QED) is 0.153. The van der Waals surface area contributed by atoms with E-state index in [0.717, 1.165) is 61.6 Å². The Morgan fingerprint density at radius 3 is 1.60 bits per heavy atom. The Morgan fingerprint density at radius 2 is 0.817 bits per heavy atom. The van der Waals surface area contributed by atoms with E-state index in [-0.39, 0.29) is 0 Å². The number of hydrogen-bond donors (Lipinski definition) is 0. The first-order valence-electron chi connectivity index (χ1n) is 20.5. The lowest BCUT2D eigenvalue weighted by atomic mass is 9.93. The minimum absolute atomic E-state index is 0.875. The lowest BCUT2D eigenvalue weighted by molar-refractivity contribution is 0.632. The molecule has 0 fully saturated rings. The minimum Gasteiger partial charge on any atom is -0.455 e. The molecule has 0 aliphatic heterocycles. The normalized spacial score (nSPS) is 11.3. The number of para-hydroxylation sites is 1. The largest absolute Gasteiger partial charge is 0.455 e. The Balaban J connectivity index is 1.02. The average Bonchev–Trinajstić information content (AvgIpc) is 3.72. The number of nitrogens with zero attached hydrogens (tertiary/aromatic N) is 1. The third-order valence-electron chi connectivity index (χ3n) is 11.7. The summed E-state index contributed by atoms with van der Waals surface area (Å²) < 4.78 is 6.71. The van der Waals surface area contributed by atoms with Gasteiger partial charge in [0.1, 0.15) is 11.3 Å². The highest BCUT2D eigenvalue weighted by Gasteiger charge is 2.21. The van der Waals surface area contributed by atoms with E-state index in [0.29, 0.717) is 0 Å². The van der Waals surface area contributed by atoms with Crippen molar-refractivity contribution >= 4 is 49.6 Å². The summed E-state index contributed by atoms with van der Waals surface area (Å²) in [5.41, 5.74) is 14.4. The lowest BCUT2D eigenvalue weighted by Gasteiger charge is -2.26. The number of benzene rings is 10. The predicted octanol–water partition coefficient (Wildman–Crippen LogP) is 16.5. The van der Waals surface area contributed by atoms with Crippen molar-refractivity contribution in [3.05, 3.63) is 237 Å². The van der Waals surface area contributed by atoms with Gasteiger partial charge in [-0.1, -0.05) is 188 Å². The third-order valence-corrected chi connectivity index (χ3v) is 11.7. The van der Waals surface area contributed by atoms with E-state index < -0.39 is 0 Å². The van der Waals surface area contributed by atoms with Gasteiger partial charge < -0.3 is 9.32 Å². The van der Waals surface area contributed by atoms with Crippen molar-refractivity contribution in [2.45, 2.75) is 0 Å². The number of hydrogen-bond acceptors (Lipinski definition) is 2. The number of fused-ring (bicyclic) bond motifs is 3. The summed E-state index contributed by atoms with van der Waals surface area (Å²) in [5, 5.41) is 6.07. The van der Waals surface area contributed by atoms with Gasteiger partial charge in [0, 0.05) is 33.6 Å². The number of anilines is 3. The fraction of sp³-hybridized carbons (Fsp3) is 0. The summed E-state index contributed by atoms with van der Waals surface area (Å²) in [5.74, 6) is 0.875. The first-order valence-corrected chi connectivity index (χ1v) is 20.5. The van der Waals surface area contributed by atoms with Crippen LogP contribution in [0.2, 0.25) is 0 Å². The molecule has 0 saturated carbocycles. The Bertz CT molecular complexity index is 3300. The van der Waals surface area contributed by atoms with Crippen LogP contribution in [0.15, 0.2) is 241 Å². The molecule has 2 heteroatoms. The molecule has 0 aliphatic carbocycles. The molecule has 11 rings (SSSR count). The topological polar surface area (TPSA) is 16.4 Å². The molecule has 0 N–H and O–H groups in total. The maximum absolute atomic E-state index is 6.71. The van der Waals surface area contributed by atoms with Crippen molar-refractivity contribution < 1.29 is 4.42 Å². The fourth-order valence-electron chi connectivity index (χ4n) is 8.76. The van der Waals surface area contributed by atoms with E-state index >= 15 is 0 Å². The number of furan rings is 1. The molecule has 0 amide bonds. The van der Waals surface area contributed by atoms with Gasteiger partial charge in [-0.15, -0.1) is 0 Å². The molecule has 1 aromatic heterocycles. The van der Waals surface area contributed by atoms with Crippen LogP contribution >= 0.6 is 0 Å². The molecule has 60 heavy (non-hydrogen) atoms. The summed E-state index contributed by atoms with van der Waals surface area (Å²) in [6.45, 7) is 0. The highest BCUT2D eigenvalue weighted by atomic mass is 16.3. The fourth-order valence-corrected chi connectivity index (χ4v) is 8.76. The average molecular weight is 766 g/mol. The van der Waals surface area contributed by atoms with E-state index in [1.165, 1.54) is 43.8 Å². The molecule has 282 valence electrons. The molecule has 0 radical (unpaired) electrons. The smallest absolute Gasteiger partial charge is 0.143 e. The van der Waals surface area contributed by atoms with Crippen molar-refractivity contribution in [3.63, 3.8) is 0 Å². The zero-order valence-corrected chi connectivity index (χ0v) is 32.9. The van der Waals surface area contributed by atoms with Crippen LogP contribution in [-0.4, -0.2) is 0 Å². The second-order valence-electron chi connectivity index (χ2n) is 15.3. The van der Waals surface area contributed by atoms with E-state index in [1.807, 2.05) is 6.07 Å². The maximum atomic E-state index is 6.71. The summed E-state index contributed by atoms with van der Waals surface area (Å²) in [4.78, 5) is 2.36. The van der Waals surface area contributed by atoms with E-state index in [1.54, 1.807) is 0 Å². The highest BCUT2D eigenvalue weighted by molar-refractivity contribution is 6.04. The van der Waals surface area contributed by atoms with Crippen LogP contribution in [0, 0.1) is 0 Å². The molecular weight excluding hydrogens is 727 g/mol. The Hall–Kier alpha value is -7.94. The SMILES string of the molecule is c1ccc(-c2c(-c3ccccc3-c3ccc(N(c4ccc(-c5cccc6ccccc56)cc4)c4cccc(-c5ccc6ccccc6c5)c4)cc3)oc3ccccc23)cc1. The Labute approximate surface area is 349 Å². The Kier molecular flexibility index (Phi) is 8.87. The van der Waals surface area contributed by atoms with Crippen LogP contribution in [0.1, 0.15) is 0 Å². The van der Waals surface area contributed by atoms with Gasteiger partial charge in [-0.2, -0.15) is 0 Å². The zero-order valence-electron chi connectivity index (χ0n) is 32.9. The molecule has 0 saturated heterocycles. The van der Waals surface area contributed by atoms with Crippen molar-refractivity contribution in [2.75, 3.05) is 4.90 Å². The van der Waals surface area contributed by atoms with Crippen LogP contribution in [0.5, 0.6) is 0 Å². The predicted molar refractivity (Wildman–Crippen MR) is 253 cm³/mol. The first kappa shape index (κ1) is 35.2. The molecule has 2 nitrogen and oxygen atoms in total. The van der Waals surface area contributed by atoms with Crippen LogP contribution in [0.25, 0.3) is 88.3 Å². The summed E-state index contributed by atoms with van der Waals surface area (Å²) in [6.07, 6.45) is 0. The van der Waals surface area contributed by atoms with Gasteiger partial charge in [0.15, 0.2) is 0 Å². The summed E-state index contributed by atoms with van der Waals surface area (Å²) in [7, 11) is 0.